The molecular weight excluding hydrogens is 371 g/mol. The van der Waals surface area contributed by atoms with Gasteiger partial charge in [-0.1, -0.05) is 25.0 Å². The zero-order valence-electron chi connectivity index (χ0n) is 16.5. The lowest BCUT2D eigenvalue weighted by atomic mass is 9.86. The molecule has 3 heterocycles. The fourth-order valence-corrected chi connectivity index (χ4v) is 4.82. The molecule has 7 heteroatoms. The highest BCUT2D eigenvalue weighted by Crippen LogP contribution is 2.40. The van der Waals surface area contributed by atoms with Gasteiger partial charge < -0.3 is 9.80 Å². The van der Waals surface area contributed by atoms with E-state index >= 15 is 0 Å². The second kappa shape index (κ2) is 8.27. The molecule has 1 aromatic carbocycles. The van der Waals surface area contributed by atoms with Crippen molar-refractivity contribution in [3.8, 4) is 0 Å². The summed E-state index contributed by atoms with van der Waals surface area (Å²) < 4.78 is 14.0. The van der Waals surface area contributed by atoms with Gasteiger partial charge in [0, 0.05) is 38.3 Å². The molecule has 2 saturated heterocycles. The number of carbonyl (C=O) groups excluding carboxylic acids is 2. The Hall–Kier alpha value is -2.83. The third kappa shape index (κ3) is 3.86. The number of likely N-dealkylation sites (tertiary alicyclic amines) is 2. The molecule has 6 nitrogen and oxygen atoms in total. The van der Waals surface area contributed by atoms with Crippen molar-refractivity contribution in [3.63, 3.8) is 0 Å². The molecule has 2 aliphatic rings. The van der Waals surface area contributed by atoms with Crippen molar-refractivity contribution in [2.75, 3.05) is 13.1 Å². The maximum absolute atomic E-state index is 14.0. The van der Waals surface area contributed by atoms with Crippen LogP contribution in [0.2, 0.25) is 0 Å². The zero-order chi connectivity index (χ0) is 20.4. The van der Waals surface area contributed by atoms with E-state index in [-0.39, 0.29) is 35.6 Å². The number of hydrogen-bond donors (Lipinski definition) is 0. The first-order valence-corrected chi connectivity index (χ1v) is 10.2. The Morgan fingerprint density at radius 2 is 2.00 bits per heavy atom. The first-order valence-electron chi connectivity index (χ1n) is 10.2. The molecule has 29 heavy (non-hydrogen) atoms. The second-order valence-corrected chi connectivity index (χ2v) is 7.83. The molecule has 2 fully saturated rings. The van der Waals surface area contributed by atoms with Crippen LogP contribution in [0.15, 0.2) is 42.9 Å². The lowest BCUT2D eigenvalue weighted by Gasteiger charge is -2.38. The maximum atomic E-state index is 14.0. The van der Waals surface area contributed by atoms with Gasteiger partial charge in [-0.05, 0) is 30.5 Å². The SMILES string of the molecule is CC(=O)N1CCCCC[C@@H]2[C@@H]1[C@H](c1cccc(F)c1)CN2C(=O)c1cnccn1. The minimum absolute atomic E-state index is 0.00268. The van der Waals surface area contributed by atoms with Gasteiger partial charge >= 0.3 is 0 Å². The summed E-state index contributed by atoms with van der Waals surface area (Å²) in [7, 11) is 0. The standard InChI is InChI=1S/C22H25FN4O2/c1-15(28)26-11-4-2-3-8-20-21(26)18(16-6-5-7-17(23)12-16)14-27(20)22(29)19-13-24-9-10-25-19/h5-7,9-10,12-13,18,20-21H,2-4,8,11,14H2,1H3/t18-,20+,21-/m0/s1. The van der Waals surface area contributed by atoms with Crippen molar-refractivity contribution in [3.05, 3.63) is 59.9 Å². The molecule has 0 radical (unpaired) electrons. The summed E-state index contributed by atoms with van der Waals surface area (Å²) in [4.78, 5) is 37.7. The first kappa shape index (κ1) is 19.5. The zero-order valence-corrected chi connectivity index (χ0v) is 16.5. The molecule has 0 unspecified atom stereocenters. The van der Waals surface area contributed by atoms with Crippen LogP contribution in [-0.2, 0) is 4.79 Å². The van der Waals surface area contributed by atoms with E-state index in [0.717, 1.165) is 31.2 Å². The van der Waals surface area contributed by atoms with E-state index in [4.69, 9.17) is 0 Å². The molecule has 0 N–H and O–H groups in total. The molecule has 0 aliphatic carbocycles. The summed E-state index contributed by atoms with van der Waals surface area (Å²) in [5.41, 5.74) is 1.11. The lowest BCUT2D eigenvalue weighted by molar-refractivity contribution is -0.132. The second-order valence-electron chi connectivity index (χ2n) is 7.83. The van der Waals surface area contributed by atoms with E-state index in [0.29, 0.717) is 18.8 Å². The Bertz CT molecular complexity index is 891. The van der Waals surface area contributed by atoms with Gasteiger partial charge in [0.2, 0.25) is 5.91 Å². The number of benzene rings is 1. The van der Waals surface area contributed by atoms with Crippen LogP contribution >= 0.6 is 0 Å². The fourth-order valence-electron chi connectivity index (χ4n) is 4.82. The van der Waals surface area contributed by atoms with Gasteiger partial charge in [0.15, 0.2) is 0 Å². The van der Waals surface area contributed by atoms with Gasteiger partial charge in [0.05, 0.1) is 18.3 Å². The summed E-state index contributed by atoms with van der Waals surface area (Å²) in [5.74, 6) is -0.635. The minimum Gasteiger partial charge on any atom is -0.337 e. The summed E-state index contributed by atoms with van der Waals surface area (Å²) in [6.07, 6.45) is 8.27. The molecule has 2 aromatic rings. The van der Waals surface area contributed by atoms with Crippen LogP contribution < -0.4 is 0 Å². The van der Waals surface area contributed by atoms with Crippen molar-refractivity contribution in [1.29, 1.82) is 0 Å². The monoisotopic (exact) mass is 396 g/mol. The molecule has 0 bridgehead atoms. The molecule has 1 aromatic heterocycles. The van der Waals surface area contributed by atoms with Crippen LogP contribution in [0.1, 0.15) is 54.6 Å². The van der Waals surface area contributed by atoms with Crippen molar-refractivity contribution in [2.24, 2.45) is 0 Å². The summed E-state index contributed by atoms with van der Waals surface area (Å²) in [6, 6.07) is 6.22. The van der Waals surface area contributed by atoms with E-state index < -0.39 is 0 Å². The third-order valence-electron chi connectivity index (χ3n) is 6.08. The fraction of sp³-hybridized carbons (Fsp3) is 0.455. The van der Waals surface area contributed by atoms with Crippen LogP contribution in [0.4, 0.5) is 4.39 Å². The Kier molecular flexibility index (Phi) is 5.56. The topological polar surface area (TPSA) is 66.4 Å². The average Bonchev–Trinajstić information content (AvgIpc) is 3.06. The summed E-state index contributed by atoms with van der Waals surface area (Å²) in [5, 5.41) is 0. The van der Waals surface area contributed by atoms with Crippen molar-refractivity contribution in [2.45, 2.75) is 50.6 Å². The average molecular weight is 396 g/mol. The van der Waals surface area contributed by atoms with Crippen molar-refractivity contribution < 1.29 is 14.0 Å². The first-order chi connectivity index (χ1) is 14.1. The maximum Gasteiger partial charge on any atom is 0.274 e. The van der Waals surface area contributed by atoms with Crippen molar-refractivity contribution in [1.82, 2.24) is 19.8 Å². The van der Waals surface area contributed by atoms with Gasteiger partial charge in [-0.15, -0.1) is 0 Å². The van der Waals surface area contributed by atoms with Gasteiger partial charge in [-0.3, -0.25) is 14.6 Å². The molecule has 2 amide bonds. The van der Waals surface area contributed by atoms with Gasteiger partial charge in [-0.2, -0.15) is 0 Å². The number of rotatable bonds is 2. The van der Waals surface area contributed by atoms with E-state index in [1.807, 2.05) is 15.9 Å². The minimum atomic E-state index is -0.307. The number of nitrogens with zero attached hydrogens (tertiary/aromatic N) is 4. The summed E-state index contributed by atoms with van der Waals surface area (Å²) >= 11 is 0. The molecule has 152 valence electrons. The van der Waals surface area contributed by atoms with Gasteiger partial charge in [0.1, 0.15) is 11.5 Å². The lowest BCUT2D eigenvalue weighted by Crippen LogP contribution is -2.51. The van der Waals surface area contributed by atoms with Crippen molar-refractivity contribution >= 4 is 11.8 Å². The van der Waals surface area contributed by atoms with E-state index in [9.17, 15) is 14.0 Å². The van der Waals surface area contributed by atoms with Crippen LogP contribution in [0.25, 0.3) is 0 Å². The Balaban J connectivity index is 1.76. The molecule has 4 rings (SSSR count). The molecular formula is C22H25FN4O2. The number of hydrogen-bond acceptors (Lipinski definition) is 4. The number of amides is 2. The molecule has 3 atom stereocenters. The number of halogens is 1. The Labute approximate surface area is 169 Å². The highest BCUT2D eigenvalue weighted by molar-refractivity contribution is 5.92. The number of aromatic nitrogens is 2. The Morgan fingerprint density at radius 3 is 2.72 bits per heavy atom. The van der Waals surface area contributed by atoms with E-state index in [2.05, 4.69) is 9.97 Å². The van der Waals surface area contributed by atoms with E-state index in [1.54, 1.807) is 13.0 Å². The highest BCUT2D eigenvalue weighted by Gasteiger charge is 2.48. The third-order valence-corrected chi connectivity index (χ3v) is 6.08. The molecule has 0 saturated carbocycles. The largest absolute Gasteiger partial charge is 0.337 e. The summed E-state index contributed by atoms with van der Waals surface area (Å²) in [6.45, 7) is 2.67. The number of carbonyl (C=O) groups is 2. The van der Waals surface area contributed by atoms with Gasteiger partial charge in [-0.25, -0.2) is 9.37 Å². The predicted octanol–water partition coefficient (Wildman–Crippen LogP) is 3.02. The molecule has 0 spiro atoms. The van der Waals surface area contributed by atoms with Gasteiger partial charge in [0.25, 0.3) is 5.91 Å². The Morgan fingerprint density at radius 1 is 1.14 bits per heavy atom. The predicted molar refractivity (Wildman–Crippen MR) is 106 cm³/mol. The van der Waals surface area contributed by atoms with Crippen LogP contribution in [0.3, 0.4) is 0 Å². The van der Waals surface area contributed by atoms with Crippen LogP contribution in [-0.4, -0.2) is 56.8 Å². The molecule has 2 aliphatic heterocycles. The smallest absolute Gasteiger partial charge is 0.274 e. The van der Waals surface area contributed by atoms with Crippen LogP contribution in [0, 0.1) is 5.82 Å². The van der Waals surface area contributed by atoms with E-state index in [1.165, 1.54) is 30.7 Å². The van der Waals surface area contributed by atoms with Crippen LogP contribution in [0.5, 0.6) is 0 Å². The highest BCUT2D eigenvalue weighted by atomic mass is 19.1. The quantitative estimate of drug-likeness (QED) is 0.783. The normalized spacial score (nSPS) is 24.6. The number of fused-ring (bicyclic) bond motifs is 1.